The van der Waals surface area contributed by atoms with Crippen LogP contribution >= 0.6 is 34.5 Å². The maximum Gasteiger partial charge on any atom is 0.220 e. The second kappa shape index (κ2) is 12.0. The van der Waals surface area contributed by atoms with E-state index in [4.69, 9.17) is 32.9 Å². The fourth-order valence-corrected chi connectivity index (χ4v) is 6.17. The summed E-state index contributed by atoms with van der Waals surface area (Å²) in [7, 11) is 0. The molecule has 0 radical (unpaired) electrons. The first-order valence-corrected chi connectivity index (χ1v) is 14.2. The molecule has 2 aliphatic rings. The summed E-state index contributed by atoms with van der Waals surface area (Å²) in [5.74, 6) is 1.04. The van der Waals surface area contributed by atoms with Gasteiger partial charge in [0.15, 0.2) is 0 Å². The van der Waals surface area contributed by atoms with E-state index >= 15 is 0 Å². The molecule has 1 N–H and O–H groups in total. The molecule has 0 saturated carbocycles. The molecule has 192 valence electrons. The third kappa shape index (κ3) is 6.29. The lowest BCUT2D eigenvalue weighted by Crippen LogP contribution is -2.36. The summed E-state index contributed by atoms with van der Waals surface area (Å²) < 4.78 is 5.43. The number of halogens is 2. The van der Waals surface area contributed by atoms with E-state index in [2.05, 4.69) is 26.2 Å². The normalized spacial score (nSPS) is 18.7. The molecule has 2 saturated heterocycles. The van der Waals surface area contributed by atoms with Gasteiger partial charge < -0.3 is 15.0 Å². The maximum atomic E-state index is 12.4. The van der Waals surface area contributed by atoms with Crippen LogP contribution in [-0.2, 0) is 16.0 Å². The van der Waals surface area contributed by atoms with Crippen molar-refractivity contribution >= 4 is 56.6 Å². The van der Waals surface area contributed by atoms with Crippen molar-refractivity contribution in [3.63, 3.8) is 0 Å². The number of amides is 1. The van der Waals surface area contributed by atoms with Crippen LogP contribution in [0.15, 0.2) is 30.3 Å². The first-order valence-electron chi connectivity index (χ1n) is 12.6. The van der Waals surface area contributed by atoms with Gasteiger partial charge in [0.25, 0.3) is 0 Å². The highest BCUT2D eigenvalue weighted by atomic mass is 35.5. The van der Waals surface area contributed by atoms with Gasteiger partial charge >= 0.3 is 0 Å². The van der Waals surface area contributed by atoms with Gasteiger partial charge in [-0.3, -0.25) is 9.69 Å². The Morgan fingerprint density at radius 3 is 2.81 bits per heavy atom. The quantitative estimate of drug-likeness (QED) is 0.375. The van der Waals surface area contributed by atoms with Crippen molar-refractivity contribution in [2.75, 3.05) is 50.8 Å². The molecule has 1 aromatic carbocycles. The molecule has 0 spiro atoms. The molecule has 36 heavy (non-hydrogen) atoms. The van der Waals surface area contributed by atoms with Crippen molar-refractivity contribution in [3.8, 4) is 0 Å². The Balaban J connectivity index is 1.05. The van der Waals surface area contributed by atoms with E-state index in [1.807, 2.05) is 24.3 Å². The zero-order valence-electron chi connectivity index (χ0n) is 20.2. The van der Waals surface area contributed by atoms with E-state index in [9.17, 15) is 4.79 Å². The van der Waals surface area contributed by atoms with Gasteiger partial charge in [0.1, 0.15) is 16.2 Å². The summed E-state index contributed by atoms with van der Waals surface area (Å²) in [4.78, 5) is 27.5. The Labute approximate surface area is 225 Å². The topological polar surface area (TPSA) is 70.6 Å². The lowest BCUT2D eigenvalue weighted by molar-refractivity contribution is -0.121. The van der Waals surface area contributed by atoms with Crippen LogP contribution in [0.25, 0.3) is 10.3 Å². The number of hydrogen-bond acceptors (Lipinski definition) is 7. The molecule has 1 unspecified atom stereocenters. The summed E-state index contributed by atoms with van der Waals surface area (Å²) in [5, 5.41) is 5.22. The number of hydrogen-bond donors (Lipinski definition) is 1. The van der Waals surface area contributed by atoms with Crippen LogP contribution in [0.1, 0.15) is 42.3 Å². The molecule has 0 bridgehead atoms. The Morgan fingerprint density at radius 2 is 1.97 bits per heavy atom. The van der Waals surface area contributed by atoms with E-state index in [0.717, 1.165) is 73.4 Å². The number of rotatable bonds is 9. The lowest BCUT2D eigenvalue weighted by atomic mass is 10.0. The number of carbonyl (C=O) groups is 1. The highest BCUT2D eigenvalue weighted by molar-refractivity contribution is 7.18. The minimum absolute atomic E-state index is 0.0682. The van der Waals surface area contributed by atoms with Gasteiger partial charge in [0.05, 0.1) is 28.3 Å². The van der Waals surface area contributed by atoms with Crippen LogP contribution in [0.2, 0.25) is 10.0 Å². The van der Waals surface area contributed by atoms with Gasteiger partial charge in [0, 0.05) is 45.1 Å². The van der Waals surface area contributed by atoms with E-state index in [1.54, 1.807) is 11.3 Å². The predicted molar refractivity (Wildman–Crippen MR) is 146 cm³/mol. The van der Waals surface area contributed by atoms with E-state index < -0.39 is 0 Å². The van der Waals surface area contributed by atoms with Crippen molar-refractivity contribution in [1.29, 1.82) is 0 Å². The molecule has 4 heterocycles. The summed E-state index contributed by atoms with van der Waals surface area (Å²) in [6, 6.07) is 10.3. The number of fused-ring (bicyclic) bond motifs is 1. The van der Waals surface area contributed by atoms with Crippen LogP contribution in [-0.4, -0.2) is 66.7 Å². The highest BCUT2D eigenvalue weighted by Gasteiger charge is 2.26. The molecule has 5 rings (SSSR count). The van der Waals surface area contributed by atoms with Gasteiger partial charge in [-0.1, -0.05) is 40.6 Å². The molecule has 1 amide bonds. The number of thiazole rings is 1. The summed E-state index contributed by atoms with van der Waals surface area (Å²) in [6.45, 7) is 5.87. The Hall–Kier alpha value is -1.97. The summed E-state index contributed by atoms with van der Waals surface area (Å²) in [6.07, 6.45) is 4.27. The SMILES string of the molecule is O=C(CCc1nc2ccc(N3CCOCC3)nc2s1)NCCCN1CCCC1c1ccc(Cl)c(Cl)c1. The Morgan fingerprint density at radius 1 is 1.11 bits per heavy atom. The fraction of sp³-hybridized carbons (Fsp3) is 0.500. The van der Waals surface area contributed by atoms with Crippen molar-refractivity contribution in [3.05, 3.63) is 50.9 Å². The molecule has 10 heteroatoms. The number of likely N-dealkylation sites (tertiary alicyclic amines) is 1. The van der Waals surface area contributed by atoms with Crippen molar-refractivity contribution in [1.82, 2.24) is 20.2 Å². The highest BCUT2D eigenvalue weighted by Crippen LogP contribution is 2.35. The minimum atomic E-state index is 0.0682. The number of aryl methyl sites for hydroxylation is 1. The van der Waals surface area contributed by atoms with Gasteiger partial charge in [-0.2, -0.15) is 0 Å². The van der Waals surface area contributed by atoms with Crippen molar-refractivity contribution in [2.24, 2.45) is 0 Å². The number of carbonyl (C=O) groups excluding carboxylic acids is 1. The Bertz CT molecular complexity index is 1200. The standard InChI is InChI=1S/C26H31Cl2N5O2S/c27-19-5-4-18(17-20(19)28)22-3-1-11-32(22)12-2-10-29-24(34)8-9-25-30-21-6-7-23(31-26(21)36-25)33-13-15-35-16-14-33/h4-7,17,22H,1-3,8-16H2,(H,29,34). The number of morpholine rings is 1. The van der Waals surface area contributed by atoms with Crippen LogP contribution < -0.4 is 10.2 Å². The summed E-state index contributed by atoms with van der Waals surface area (Å²) >= 11 is 13.9. The van der Waals surface area contributed by atoms with Crippen molar-refractivity contribution in [2.45, 2.75) is 38.1 Å². The third-order valence-electron chi connectivity index (χ3n) is 6.82. The molecule has 2 aromatic heterocycles. The average Bonchev–Trinajstić information content (AvgIpc) is 3.54. The number of aromatic nitrogens is 2. The zero-order valence-corrected chi connectivity index (χ0v) is 22.5. The monoisotopic (exact) mass is 547 g/mol. The lowest BCUT2D eigenvalue weighted by Gasteiger charge is -2.27. The van der Waals surface area contributed by atoms with Crippen LogP contribution in [0.5, 0.6) is 0 Å². The largest absolute Gasteiger partial charge is 0.378 e. The van der Waals surface area contributed by atoms with Gasteiger partial charge in [-0.25, -0.2) is 9.97 Å². The molecular weight excluding hydrogens is 517 g/mol. The Kier molecular flexibility index (Phi) is 8.59. The minimum Gasteiger partial charge on any atom is -0.378 e. The van der Waals surface area contributed by atoms with Crippen LogP contribution in [0.3, 0.4) is 0 Å². The predicted octanol–water partition coefficient (Wildman–Crippen LogP) is 5.11. The molecule has 1 atom stereocenters. The first kappa shape index (κ1) is 25.7. The molecule has 3 aromatic rings. The third-order valence-corrected chi connectivity index (χ3v) is 8.59. The number of ether oxygens (including phenoxy) is 1. The second-order valence-electron chi connectivity index (χ2n) is 9.27. The first-order chi connectivity index (χ1) is 17.6. The van der Waals surface area contributed by atoms with Gasteiger partial charge in [0.2, 0.25) is 5.91 Å². The fourth-order valence-electron chi connectivity index (χ4n) is 4.94. The van der Waals surface area contributed by atoms with Crippen LogP contribution in [0.4, 0.5) is 5.82 Å². The average molecular weight is 549 g/mol. The van der Waals surface area contributed by atoms with E-state index in [1.165, 1.54) is 12.0 Å². The molecule has 7 nitrogen and oxygen atoms in total. The van der Waals surface area contributed by atoms with Crippen molar-refractivity contribution < 1.29 is 9.53 Å². The molecule has 2 aliphatic heterocycles. The summed E-state index contributed by atoms with van der Waals surface area (Å²) in [5.41, 5.74) is 2.11. The van der Waals surface area contributed by atoms with Gasteiger partial charge in [-0.15, -0.1) is 0 Å². The van der Waals surface area contributed by atoms with E-state index in [-0.39, 0.29) is 5.91 Å². The molecular formula is C26H31Cl2N5O2S. The van der Waals surface area contributed by atoms with Crippen LogP contribution in [0, 0.1) is 0 Å². The number of anilines is 1. The molecule has 0 aliphatic carbocycles. The zero-order chi connectivity index (χ0) is 24.9. The number of nitrogens with one attached hydrogen (secondary N) is 1. The number of benzene rings is 1. The molecule has 2 fully saturated rings. The van der Waals surface area contributed by atoms with Gasteiger partial charge in [-0.05, 0) is 55.6 Å². The second-order valence-corrected chi connectivity index (χ2v) is 11.1. The number of nitrogens with zero attached hydrogens (tertiary/aromatic N) is 4. The maximum absolute atomic E-state index is 12.4. The van der Waals surface area contributed by atoms with E-state index in [0.29, 0.717) is 35.5 Å². The number of pyridine rings is 1. The smallest absolute Gasteiger partial charge is 0.220 e.